The van der Waals surface area contributed by atoms with Crippen LogP contribution in [0.3, 0.4) is 0 Å². The molecule has 1 unspecified atom stereocenters. The van der Waals surface area contributed by atoms with E-state index in [4.69, 9.17) is 19.2 Å². The van der Waals surface area contributed by atoms with Crippen LogP contribution in [0.4, 0.5) is 5.13 Å². The summed E-state index contributed by atoms with van der Waals surface area (Å²) in [4.78, 5) is 21.3. The predicted molar refractivity (Wildman–Crippen MR) is 135 cm³/mol. The van der Waals surface area contributed by atoms with Crippen LogP contribution in [0.1, 0.15) is 32.3 Å². The molecular weight excluding hydrogens is 456 g/mol. The number of carbonyl (C=O) groups is 1. The lowest BCUT2D eigenvalue weighted by atomic mass is 10.1. The van der Waals surface area contributed by atoms with Crippen LogP contribution in [0.5, 0.6) is 11.5 Å². The van der Waals surface area contributed by atoms with Crippen molar-refractivity contribution in [3.05, 3.63) is 42.0 Å². The molecule has 1 aliphatic heterocycles. The van der Waals surface area contributed by atoms with E-state index in [1.54, 1.807) is 19.1 Å². The van der Waals surface area contributed by atoms with Crippen LogP contribution in [0, 0.1) is 0 Å². The number of nitrogens with zero attached hydrogens (tertiary/aromatic N) is 2. The Bertz CT molecular complexity index is 1050. The number of ether oxygens (including phenoxy) is 3. The standard InChI is InChI=1S/C25H30N2O4S2/c1-16(2)32-19-9-7-17(8-10-19)14-22(28)27(15-18-6-5-13-31-18)25-26-23-20(29-3)11-12-21(30-4)24(23)33-25/h7-12,16,18H,5-6,13-15H2,1-4H3. The third-order valence-corrected chi connectivity index (χ3v) is 7.60. The average molecular weight is 487 g/mol. The normalized spacial score (nSPS) is 15.8. The Morgan fingerprint density at radius 3 is 2.55 bits per heavy atom. The fraction of sp³-hybridized carbons (Fsp3) is 0.440. The number of fused-ring (bicyclic) bond motifs is 1. The second-order valence-electron chi connectivity index (χ2n) is 8.27. The highest BCUT2D eigenvalue weighted by atomic mass is 32.2. The zero-order valence-electron chi connectivity index (χ0n) is 19.5. The maximum absolute atomic E-state index is 13.5. The molecule has 0 bridgehead atoms. The highest BCUT2D eigenvalue weighted by Crippen LogP contribution is 2.40. The number of aromatic nitrogens is 1. The van der Waals surface area contributed by atoms with E-state index in [0.29, 0.717) is 34.6 Å². The average Bonchev–Trinajstić information content (AvgIpc) is 3.47. The number of hydrogen-bond donors (Lipinski definition) is 0. The molecule has 2 aromatic carbocycles. The van der Waals surface area contributed by atoms with E-state index in [-0.39, 0.29) is 12.0 Å². The van der Waals surface area contributed by atoms with Crippen molar-refractivity contribution in [2.24, 2.45) is 0 Å². The number of benzene rings is 2. The fourth-order valence-electron chi connectivity index (χ4n) is 3.90. The van der Waals surface area contributed by atoms with Gasteiger partial charge in [-0.1, -0.05) is 37.3 Å². The minimum atomic E-state index is 0.00625. The van der Waals surface area contributed by atoms with E-state index in [9.17, 15) is 4.79 Å². The minimum absolute atomic E-state index is 0.00625. The molecule has 1 aliphatic rings. The van der Waals surface area contributed by atoms with Gasteiger partial charge in [0.25, 0.3) is 0 Å². The molecule has 3 aromatic rings. The van der Waals surface area contributed by atoms with Gasteiger partial charge in [-0.15, -0.1) is 11.8 Å². The van der Waals surface area contributed by atoms with Crippen LogP contribution in [0.25, 0.3) is 10.2 Å². The first kappa shape index (κ1) is 23.9. The zero-order valence-corrected chi connectivity index (χ0v) is 21.1. The van der Waals surface area contributed by atoms with E-state index in [1.165, 1.54) is 16.2 Å². The van der Waals surface area contributed by atoms with Gasteiger partial charge in [-0.25, -0.2) is 4.98 Å². The molecular formula is C25H30N2O4S2. The summed E-state index contributed by atoms with van der Waals surface area (Å²) >= 11 is 3.26. The summed E-state index contributed by atoms with van der Waals surface area (Å²) in [6, 6.07) is 12.0. The van der Waals surface area contributed by atoms with Crippen molar-refractivity contribution >= 4 is 44.4 Å². The highest BCUT2D eigenvalue weighted by molar-refractivity contribution is 7.99. The van der Waals surface area contributed by atoms with Gasteiger partial charge in [0, 0.05) is 16.8 Å². The molecule has 6 nitrogen and oxygen atoms in total. The highest BCUT2D eigenvalue weighted by Gasteiger charge is 2.27. The maximum atomic E-state index is 13.5. The molecule has 8 heteroatoms. The van der Waals surface area contributed by atoms with E-state index >= 15 is 0 Å². The van der Waals surface area contributed by atoms with Crippen molar-refractivity contribution < 1.29 is 19.0 Å². The molecule has 0 N–H and O–H groups in total. The summed E-state index contributed by atoms with van der Waals surface area (Å²) in [7, 11) is 3.26. The van der Waals surface area contributed by atoms with Crippen LogP contribution in [-0.4, -0.2) is 49.6 Å². The molecule has 2 heterocycles. The van der Waals surface area contributed by atoms with Crippen LogP contribution < -0.4 is 14.4 Å². The number of anilines is 1. The van der Waals surface area contributed by atoms with Gasteiger partial charge in [-0.05, 0) is 42.7 Å². The van der Waals surface area contributed by atoms with E-state index in [1.807, 2.05) is 36.0 Å². The Kier molecular flexibility index (Phi) is 7.78. The number of thioether (sulfide) groups is 1. The van der Waals surface area contributed by atoms with Crippen LogP contribution in [0.15, 0.2) is 41.3 Å². The first-order valence-corrected chi connectivity index (χ1v) is 12.9. The van der Waals surface area contributed by atoms with E-state index in [2.05, 4.69) is 26.0 Å². The van der Waals surface area contributed by atoms with Gasteiger partial charge in [-0.2, -0.15) is 0 Å². The Hall–Kier alpha value is -2.29. The smallest absolute Gasteiger partial charge is 0.233 e. The SMILES string of the molecule is COc1ccc(OC)c2sc(N(CC3CCCO3)C(=O)Cc3ccc(SC(C)C)cc3)nc12. The van der Waals surface area contributed by atoms with Gasteiger partial charge in [0.2, 0.25) is 5.91 Å². The van der Waals surface area contributed by atoms with Crippen molar-refractivity contribution in [2.45, 2.75) is 49.4 Å². The topological polar surface area (TPSA) is 60.9 Å². The lowest BCUT2D eigenvalue weighted by Crippen LogP contribution is -2.38. The monoisotopic (exact) mass is 486 g/mol. The van der Waals surface area contributed by atoms with E-state index in [0.717, 1.165) is 35.5 Å². The lowest BCUT2D eigenvalue weighted by molar-refractivity contribution is -0.118. The first-order valence-electron chi connectivity index (χ1n) is 11.2. The Balaban J connectivity index is 1.63. The first-order chi connectivity index (χ1) is 16.0. The number of hydrogen-bond acceptors (Lipinski definition) is 7. The summed E-state index contributed by atoms with van der Waals surface area (Å²) in [6.07, 6.45) is 2.30. The van der Waals surface area contributed by atoms with Gasteiger partial charge >= 0.3 is 0 Å². The van der Waals surface area contributed by atoms with Gasteiger partial charge in [0.15, 0.2) is 5.13 Å². The zero-order chi connectivity index (χ0) is 23.4. The van der Waals surface area contributed by atoms with Crippen LogP contribution in [0.2, 0.25) is 0 Å². The van der Waals surface area contributed by atoms with Crippen LogP contribution >= 0.6 is 23.1 Å². The Labute approximate surface area is 203 Å². The Morgan fingerprint density at radius 1 is 1.18 bits per heavy atom. The Morgan fingerprint density at radius 2 is 1.91 bits per heavy atom. The maximum Gasteiger partial charge on any atom is 0.233 e. The molecule has 0 saturated carbocycles. The van der Waals surface area contributed by atoms with Crippen molar-refractivity contribution in [1.29, 1.82) is 0 Å². The van der Waals surface area contributed by atoms with Crippen molar-refractivity contribution in [3.63, 3.8) is 0 Å². The predicted octanol–water partition coefficient (Wildman–Crippen LogP) is 5.57. The van der Waals surface area contributed by atoms with Crippen molar-refractivity contribution in [3.8, 4) is 11.5 Å². The molecule has 0 aliphatic carbocycles. The summed E-state index contributed by atoms with van der Waals surface area (Å²) in [5.41, 5.74) is 1.69. The minimum Gasteiger partial charge on any atom is -0.495 e. The third-order valence-electron chi connectivity index (χ3n) is 5.49. The van der Waals surface area contributed by atoms with Gasteiger partial charge < -0.3 is 14.2 Å². The third kappa shape index (κ3) is 5.62. The molecule has 0 radical (unpaired) electrons. The summed E-state index contributed by atoms with van der Waals surface area (Å²) in [5.74, 6) is 1.39. The van der Waals surface area contributed by atoms with E-state index < -0.39 is 0 Å². The molecule has 176 valence electrons. The quantitative estimate of drug-likeness (QED) is 0.369. The summed E-state index contributed by atoms with van der Waals surface area (Å²) < 4.78 is 17.8. The molecule has 1 fully saturated rings. The van der Waals surface area contributed by atoms with Crippen molar-refractivity contribution in [2.75, 3.05) is 32.3 Å². The molecule has 33 heavy (non-hydrogen) atoms. The fourth-order valence-corrected chi connectivity index (χ4v) is 5.83. The van der Waals surface area contributed by atoms with Crippen molar-refractivity contribution in [1.82, 2.24) is 4.98 Å². The molecule has 1 atom stereocenters. The molecule has 1 amide bonds. The number of amides is 1. The molecule has 4 rings (SSSR count). The largest absolute Gasteiger partial charge is 0.495 e. The lowest BCUT2D eigenvalue weighted by Gasteiger charge is -2.23. The number of carbonyl (C=O) groups excluding carboxylic acids is 1. The summed E-state index contributed by atoms with van der Waals surface area (Å²) in [5, 5.41) is 1.16. The number of methoxy groups -OCH3 is 2. The molecule has 1 saturated heterocycles. The summed E-state index contributed by atoms with van der Waals surface area (Å²) in [6.45, 7) is 5.58. The van der Waals surface area contributed by atoms with Crippen LogP contribution in [-0.2, 0) is 16.0 Å². The van der Waals surface area contributed by atoms with Gasteiger partial charge in [0.1, 0.15) is 21.7 Å². The number of rotatable bonds is 9. The molecule has 1 aromatic heterocycles. The second-order valence-corrected chi connectivity index (χ2v) is 10.9. The second kappa shape index (κ2) is 10.8. The van der Waals surface area contributed by atoms with Gasteiger partial charge in [0.05, 0.1) is 33.3 Å². The number of thiazole rings is 1. The molecule has 0 spiro atoms. The van der Waals surface area contributed by atoms with Gasteiger partial charge in [-0.3, -0.25) is 9.69 Å².